The van der Waals surface area contributed by atoms with E-state index in [1.807, 2.05) is 0 Å². The molecule has 2 aromatic carbocycles. The number of hydrogen-bond donors (Lipinski definition) is 1. The van der Waals surface area contributed by atoms with E-state index in [2.05, 4.69) is 37.2 Å². The fourth-order valence-electron chi connectivity index (χ4n) is 1.98. The molecule has 106 valence electrons. The lowest BCUT2D eigenvalue weighted by Crippen LogP contribution is -2.19. The van der Waals surface area contributed by atoms with E-state index in [-0.39, 0.29) is 10.8 Å². The molecule has 0 aromatic heterocycles. The Bertz CT molecular complexity index is 649. The van der Waals surface area contributed by atoms with E-state index in [1.165, 1.54) is 12.1 Å². The van der Waals surface area contributed by atoms with Gasteiger partial charge in [0.2, 0.25) is 0 Å². The summed E-state index contributed by atoms with van der Waals surface area (Å²) in [4.78, 5) is 0. The number of halogens is 5. The summed E-state index contributed by atoms with van der Waals surface area (Å²) in [5, 5.41) is 3.04. The Kier molecular flexibility index (Phi) is 5.18. The van der Waals surface area contributed by atoms with Crippen LogP contribution in [0.4, 0.5) is 8.78 Å². The average molecular weight is 425 g/mol. The van der Waals surface area contributed by atoms with Gasteiger partial charge in [-0.25, -0.2) is 8.78 Å². The zero-order valence-corrected chi connectivity index (χ0v) is 14.3. The van der Waals surface area contributed by atoms with E-state index in [0.29, 0.717) is 14.5 Å². The molecule has 0 heterocycles. The van der Waals surface area contributed by atoms with Crippen molar-refractivity contribution in [3.05, 3.63) is 67.1 Å². The Morgan fingerprint density at radius 2 is 1.70 bits per heavy atom. The Morgan fingerprint density at radius 3 is 2.30 bits per heavy atom. The predicted octanol–water partition coefficient (Wildman–Crippen LogP) is 5.45. The van der Waals surface area contributed by atoms with Crippen LogP contribution in [-0.2, 0) is 0 Å². The van der Waals surface area contributed by atoms with Crippen molar-refractivity contribution < 1.29 is 8.78 Å². The second kappa shape index (κ2) is 6.52. The van der Waals surface area contributed by atoms with E-state index < -0.39 is 11.9 Å². The molecule has 6 heteroatoms. The maximum atomic E-state index is 14.3. The largest absolute Gasteiger partial charge is 0.309 e. The lowest BCUT2D eigenvalue weighted by atomic mass is 9.98. The third-order valence-corrected chi connectivity index (χ3v) is 4.88. The molecule has 0 saturated carbocycles. The molecule has 0 aliphatic heterocycles. The van der Waals surface area contributed by atoms with Crippen molar-refractivity contribution in [3.8, 4) is 0 Å². The first-order valence-electron chi connectivity index (χ1n) is 5.71. The third kappa shape index (κ3) is 3.06. The lowest BCUT2D eigenvalue weighted by molar-refractivity contribution is 0.573. The molecule has 0 aliphatic rings. The molecule has 0 amide bonds. The van der Waals surface area contributed by atoms with Gasteiger partial charge in [-0.2, -0.15) is 0 Å². The molecule has 1 atom stereocenters. The van der Waals surface area contributed by atoms with Gasteiger partial charge in [0, 0.05) is 14.5 Å². The van der Waals surface area contributed by atoms with Crippen molar-refractivity contribution in [2.24, 2.45) is 0 Å². The quantitative estimate of drug-likeness (QED) is 0.645. The molecule has 1 nitrogen and oxygen atoms in total. The lowest BCUT2D eigenvalue weighted by Gasteiger charge is -2.20. The summed E-state index contributed by atoms with van der Waals surface area (Å²) >= 11 is 12.4. The van der Waals surface area contributed by atoms with Crippen LogP contribution in [0.3, 0.4) is 0 Å². The second-order valence-corrected chi connectivity index (χ2v) is 6.24. The van der Waals surface area contributed by atoms with Crippen LogP contribution in [0.2, 0.25) is 5.02 Å². The smallest absolute Gasteiger partial charge is 0.148 e. The number of rotatable bonds is 3. The van der Waals surface area contributed by atoms with E-state index >= 15 is 0 Å². The van der Waals surface area contributed by atoms with E-state index in [9.17, 15) is 8.78 Å². The molecule has 0 aliphatic carbocycles. The van der Waals surface area contributed by atoms with E-state index in [1.54, 1.807) is 25.2 Å². The molecule has 20 heavy (non-hydrogen) atoms. The number of nitrogens with one attached hydrogen (secondary N) is 1. The van der Waals surface area contributed by atoms with Crippen molar-refractivity contribution in [3.63, 3.8) is 0 Å². The standard InChI is InChI=1S/C14H10Br2ClF2N/c1-20-14(8-3-2-7(18)6-11(8)16)9-4-5-10(15)12(17)13(9)19/h2-6,14,20H,1H3. The van der Waals surface area contributed by atoms with Gasteiger partial charge in [-0.15, -0.1) is 0 Å². The third-order valence-electron chi connectivity index (χ3n) is 2.94. The molecular formula is C14H10Br2ClF2N. The average Bonchev–Trinajstić information content (AvgIpc) is 2.41. The van der Waals surface area contributed by atoms with Gasteiger partial charge in [0.15, 0.2) is 0 Å². The highest BCUT2D eigenvalue weighted by atomic mass is 79.9. The second-order valence-electron chi connectivity index (χ2n) is 4.15. The van der Waals surface area contributed by atoms with Crippen molar-refractivity contribution in [1.29, 1.82) is 0 Å². The minimum atomic E-state index is -0.503. The van der Waals surface area contributed by atoms with E-state index in [0.717, 1.165) is 5.56 Å². The Balaban J connectivity index is 2.55. The van der Waals surface area contributed by atoms with Crippen molar-refractivity contribution >= 4 is 43.5 Å². The Morgan fingerprint density at radius 1 is 1.05 bits per heavy atom. The molecule has 0 saturated heterocycles. The Hall–Kier alpha value is -0.490. The normalized spacial score (nSPS) is 12.5. The summed E-state index contributed by atoms with van der Waals surface area (Å²) in [6.07, 6.45) is 0. The van der Waals surface area contributed by atoms with Crippen LogP contribution in [0.5, 0.6) is 0 Å². The number of benzene rings is 2. The predicted molar refractivity (Wildman–Crippen MR) is 84.1 cm³/mol. The maximum Gasteiger partial charge on any atom is 0.148 e. The van der Waals surface area contributed by atoms with Gasteiger partial charge in [-0.05, 0) is 46.7 Å². The summed E-state index contributed by atoms with van der Waals surface area (Å²) in [6.45, 7) is 0. The first-order valence-corrected chi connectivity index (χ1v) is 7.67. The van der Waals surface area contributed by atoms with E-state index in [4.69, 9.17) is 11.6 Å². The molecule has 2 aromatic rings. The molecule has 1 unspecified atom stereocenters. The first kappa shape index (κ1) is 15.9. The zero-order chi connectivity index (χ0) is 14.9. The van der Waals surface area contributed by atoms with Gasteiger partial charge < -0.3 is 5.32 Å². The molecular weight excluding hydrogens is 415 g/mol. The highest BCUT2D eigenvalue weighted by Crippen LogP contribution is 2.35. The van der Waals surface area contributed by atoms with Gasteiger partial charge in [-0.3, -0.25) is 0 Å². The minimum absolute atomic E-state index is 0.0287. The fraction of sp³-hybridized carbons (Fsp3) is 0.143. The molecule has 1 N–H and O–H groups in total. The monoisotopic (exact) mass is 423 g/mol. The zero-order valence-electron chi connectivity index (χ0n) is 10.4. The topological polar surface area (TPSA) is 12.0 Å². The van der Waals surface area contributed by atoms with Crippen LogP contribution in [0.25, 0.3) is 0 Å². The summed E-state index contributed by atoms with van der Waals surface area (Å²) < 4.78 is 28.5. The van der Waals surface area contributed by atoms with Crippen LogP contribution in [0.15, 0.2) is 39.3 Å². The van der Waals surface area contributed by atoms with Crippen molar-refractivity contribution in [2.45, 2.75) is 6.04 Å². The number of hydrogen-bond acceptors (Lipinski definition) is 1. The van der Waals surface area contributed by atoms with Crippen LogP contribution >= 0.6 is 43.5 Å². The molecule has 0 radical (unpaired) electrons. The summed E-state index contributed by atoms with van der Waals surface area (Å²) in [6, 6.07) is 7.18. The van der Waals surface area contributed by atoms with Gasteiger partial charge in [0.25, 0.3) is 0 Å². The SMILES string of the molecule is CNC(c1ccc(F)cc1Br)c1ccc(Br)c(Cl)c1F. The molecule has 0 spiro atoms. The first-order chi connectivity index (χ1) is 9.45. The van der Waals surface area contributed by atoms with Crippen molar-refractivity contribution in [2.75, 3.05) is 7.05 Å². The minimum Gasteiger partial charge on any atom is -0.309 e. The van der Waals surface area contributed by atoms with Crippen LogP contribution < -0.4 is 5.32 Å². The van der Waals surface area contributed by atoms with Crippen LogP contribution in [-0.4, -0.2) is 7.05 Å². The molecule has 2 rings (SSSR count). The van der Waals surface area contributed by atoms with Crippen LogP contribution in [0, 0.1) is 11.6 Å². The summed E-state index contributed by atoms with van der Waals surface area (Å²) in [7, 11) is 1.70. The van der Waals surface area contributed by atoms with Crippen molar-refractivity contribution in [1.82, 2.24) is 5.32 Å². The van der Waals surface area contributed by atoms with Gasteiger partial charge in [0.05, 0.1) is 11.1 Å². The van der Waals surface area contributed by atoms with Gasteiger partial charge >= 0.3 is 0 Å². The highest BCUT2D eigenvalue weighted by molar-refractivity contribution is 9.10. The Labute approximate surface area is 137 Å². The fourth-order valence-corrected chi connectivity index (χ4v) is 3.04. The summed E-state index contributed by atoms with van der Waals surface area (Å²) in [5.74, 6) is -0.860. The summed E-state index contributed by atoms with van der Waals surface area (Å²) in [5.41, 5.74) is 1.12. The van der Waals surface area contributed by atoms with Gasteiger partial charge in [0.1, 0.15) is 11.6 Å². The maximum absolute atomic E-state index is 14.3. The molecule has 0 fully saturated rings. The van der Waals surface area contributed by atoms with Crippen LogP contribution in [0.1, 0.15) is 17.2 Å². The highest BCUT2D eigenvalue weighted by Gasteiger charge is 2.21. The molecule has 0 bridgehead atoms. The van der Waals surface area contributed by atoms with Gasteiger partial charge in [-0.1, -0.05) is 39.7 Å².